The van der Waals surface area contributed by atoms with Crippen LogP contribution in [0.25, 0.3) is 0 Å². The number of hydrogen-bond donors (Lipinski definition) is 1. The zero-order valence-corrected chi connectivity index (χ0v) is 22.0. The maximum Gasteiger partial charge on any atom is 0.416 e. The van der Waals surface area contributed by atoms with Gasteiger partial charge in [0.1, 0.15) is 0 Å². The Morgan fingerprint density at radius 2 is 1.86 bits per heavy atom. The second kappa shape index (κ2) is 10.6. The number of methoxy groups -OCH3 is 1. The van der Waals surface area contributed by atoms with Crippen LogP contribution in [0.1, 0.15) is 66.2 Å². The number of piperidine rings is 2. The Bertz CT molecular complexity index is 1080. The molecule has 1 aromatic heterocycles. The van der Waals surface area contributed by atoms with E-state index in [2.05, 4.69) is 23.8 Å². The molecule has 2 aliphatic rings. The highest BCUT2D eigenvalue weighted by atomic mass is 19.4. The lowest BCUT2D eigenvalue weighted by molar-refractivity contribution is -0.137. The minimum absolute atomic E-state index is 0.0304. The molecule has 0 aliphatic carbocycles. The SMILES string of the molecule is COC[C@@H](c1ccc(C(F)(F)F)cc1)C1CCN(C2(C)CCN(C(=O)c3cn(O)nc3C)CC2)C[C@@H]1C. The van der Waals surface area contributed by atoms with Gasteiger partial charge in [0.25, 0.3) is 5.91 Å². The summed E-state index contributed by atoms with van der Waals surface area (Å²) in [7, 11) is 1.64. The van der Waals surface area contributed by atoms with Crippen molar-refractivity contribution in [1.82, 2.24) is 19.7 Å². The molecule has 0 bridgehead atoms. The minimum Gasteiger partial charge on any atom is -0.412 e. The summed E-state index contributed by atoms with van der Waals surface area (Å²) in [6.07, 6.45) is -0.358. The number of alkyl halides is 3. The van der Waals surface area contributed by atoms with Crippen molar-refractivity contribution >= 4 is 5.91 Å². The van der Waals surface area contributed by atoms with Crippen LogP contribution in [0.4, 0.5) is 13.2 Å². The lowest BCUT2D eigenvalue weighted by atomic mass is 9.73. The summed E-state index contributed by atoms with van der Waals surface area (Å²) in [4.78, 5) is 18.0. The molecule has 3 heterocycles. The van der Waals surface area contributed by atoms with Crippen molar-refractivity contribution in [3.8, 4) is 0 Å². The molecule has 3 atom stereocenters. The quantitative estimate of drug-likeness (QED) is 0.551. The van der Waals surface area contributed by atoms with Crippen molar-refractivity contribution in [2.24, 2.45) is 11.8 Å². The highest BCUT2D eigenvalue weighted by Gasteiger charge is 2.42. The predicted molar refractivity (Wildman–Crippen MR) is 133 cm³/mol. The third-order valence-electron chi connectivity index (χ3n) is 8.51. The standard InChI is InChI=1S/C27H37F3N4O3/c1-18-15-33(26(3)10-13-32(14-11-26)25(35)23-16-34(36)31-19(23)2)12-9-22(18)24(17-37-4)20-5-7-21(8-6-20)27(28,29)30/h5-8,16,18,22,24,36H,9-15,17H2,1-4H3/t18-,22?,24-/m0/s1. The molecule has 37 heavy (non-hydrogen) atoms. The van der Waals surface area contributed by atoms with Gasteiger partial charge in [0.15, 0.2) is 0 Å². The van der Waals surface area contributed by atoms with Gasteiger partial charge in [-0.2, -0.15) is 13.2 Å². The van der Waals surface area contributed by atoms with Crippen LogP contribution in [-0.2, 0) is 10.9 Å². The van der Waals surface area contributed by atoms with E-state index in [1.165, 1.54) is 18.3 Å². The molecular formula is C27H37F3N4O3. The van der Waals surface area contributed by atoms with E-state index < -0.39 is 11.7 Å². The fourth-order valence-electron chi connectivity index (χ4n) is 6.15. The Morgan fingerprint density at radius 3 is 2.38 bits per heavy atom. The van der Waals surface area contributed by atoms with Gasteiger partial charge in [0, 0.05) is 38.2 Å². The lowest BCUT2D eigenvalue weighted by Gasteiger charge is -2.51. The summed E-state index contributed by atoms with van der Waals surface area (Å²) in [5, 5.41) is 13.4. The van der Waals surface area contributed by atoms with Crippen LogP contribution in [-0.4, -0.2) is 76.3 Å². The van der Waals surface area contributed by atoms with E-state index in [9.17, 15) is 23.2 Å². The highest BCUT2D eigenvalue weighted by molar-refractivity contribution is 5.95. The van der Waals surface area contributed by atoms with Crippen LogP contribution in [0.3, 0.4) is 0 Å². The zero-order chi connectivity index (χ0) is 27.0. The molecule has 204 valence electrons. The molecule has 0 radical (unpaired) electrons. The number of nitrogens with zero attached hydrogens (tertiary/aromatic N) is 4. The number of carbonyl (C=O) groups is 1. The first-order chi connectivity index (χ1) is 17.4. The van der Waals surface area contributed by atoms with Crippen LogP contribution < -0.4 is 0 Å². The molecule has 0 spiro atoms. The Hall–Kier alpha value is -2.59. The topological polar surface area (TPSA) is 70.8 Å². The van der Waals surface area contributed by atoms with E-state index in [4.69, 9.17) is 4.74 Å². The van der Waals surface area contributed by atoms with E-state index in [0.717, 1.165) is 37.9 Å². The first-order valence-corrected chi connectivity index (χ1v) is 12.9. The summed E-state index contributed by atoms with van der Waals surface area (Å²) < 4.78 is 44.7. The molecule has 7 nitrogen and oxygen atoms in total. The molecule has 1 N–H and O–H groups in total. The van der Waals surface area contributed by atoms with Crippen molar-refractivity contribution < 1.29 is 27.9 Å². The van der Waals surface area contributed by atoms with Crippen molar-refractivity contribution in [1.29, 1.82) is 0 Å². The van der Waals surface area contributed by atoms with Crippen LogP contribution in [0, 0.1) is 18.8 Å². The molecule has 0 saturated carbocycles. The fourth-order valence-corrected chi connectivity index (χ4v) is 6.15. The Kier molecular flexibility index (Phi) is 7.90. The number of aromatic nitrogens is 2. The van der Waals surface area contributed by atoms with Gasteiger partial charge in [-0.05, 0) is 69.2 Å². The summed E-state index contributed by atoms with van der Waals surface area (Å²) in [6, 6.07) is 5.53. The van der Waals surface area contributed by atoms with Gasteiger partial charge < -0.3 is 14.8 Å². The second-order valence-corrected chi connectivity index (χ2v) is 10.9. The number of hydrogen-bond acceptors (Lipinski definition) is 5. The number of aryl methyl sites for hydroxylation is 1. The number of carbonyl (C=O) groups excluding carboxylic acids is 1. The molecule has 1 unspecified atom stereocenters. The summed E-state index contributed by atoms with van der Waals surface area (Å²) >= 11 is 0. The van der Waals surface area contributed by atoms with E-state index in [1.807, 2.05) is 4.90 Å². The van der Waals surface area contributed by atoms with E-state index in [1.54, 1.807) is 26.2 Å². The number of amides is 1. The molecule has 2 fully saturated rings. The molecular weight excluding hydrogens is 485 g/mol. The molecule has 1 aromatic carbocycles. The summed E-state index contributed by atoms with van der Waals surface area (Å²) in [5.41, 5.74) is 1.16. The first kappa shape index (κ1) is 27.4. The number of halogens is 3. The predicted octanol–water partition coefficient (Wildman–Crippen LogP) is 4.83. The Labute approximate surface area is 216 Å². The summed E-state index contributed by atoms with van der Waals surface area (Å²) in [5.74, 6) is 0.570. The minimum atomic E-state index is -4.34. The van der Waals surface area contributed by atoms with Crippen LogP contribution in [0.5, 0.6) is 0 Å². The largest absolute Gasteiger partial charge is 0.416 e. The second-order valence-electron chi connectivity index (χ2n) is 10.9. The van der Waals surface area contributed by atoms with E-state index in [0.29, 0.717) is 47.6 Å². The van der Waals surface area contributed by atoms with Crippen LogP contribution >= 0.6 is 0 Å². The van der Waals surface area contributed by atoms with Gasteiger partial charge in [0.05, 0.1) is 29.6 Å². The molecule has 2 aromatic rings. The van der Waals surface area contributed by atoms with Crippen molar-refractivity contribution in [2.45, 2.75) is 57.7 Å². The smallest absolute Gasteiger partial charge is 0.412 e. The molecule has 2 aliphatic heterocycles. The van der Waals surface area contributed by atoms with Crippen molar-refractivity contribution in [3.05, 3.63) is 52.8 Å². The Balaban J connectivity index is 1.39. The lowest BCUT2D eigenvalue weighted by Crippen LogP contribution is -2.58. The fraction of sp³-hybridized carbons (Fsp3) is 0.630. The van der Waals surface area contributed by atoms with Gasteiger partial charge >= 0.3 is 6.18 Å². The number of benzene rings is 1. The molecule has 10 heteroatoms. The van der Waals surface area contributed by atoms with Gasteiger partial charge in [-0.1, -0.05) is 19.1 Å². The normalized spacial score (nSPS) is 23.7. The summed E-state index contributed by atoms with van der Waals surface area (Å²) in [6.45, 7) is 9.74. The van der Waals surface area contributed by atoms with E-state index in [-0.39, 0.29) is 17.4 Å². The number of rotatable bonds is 6. The van der Waals surface area contributed by atoms with Crippen LogP contribution in [0.2, 0.25) is 0 Å². The third-order valence-corrected chi connectivity index (χ3v) is 8.51. The Morgan fingerprint density at radius 1 is 1.22 bits per heavy atom. The zero-order valence-electron chi connectivity index (χ0n) is 22.0. The average molecular weight is 523 g/mol. The average Bonchev–Trinajstić information content (AvgIpc) is 3.20. The molecule has 2 saturated heterocycles. The van der Waals surface area contributed by atoms with Crippen molar-refractivity contribution in [2.75, 3.05) is 39.9 Å². The number of likely N-dealkylation sites (tertiary alicyclic amines) is 2. The first-order valence-electron chi connectivity index (χ1n) is 12.9. The maximum atomic E-state index is 13.0. The van der Waals surface area contributed by atoms with E-state index >= 15 is 0 Å². The van der Waals surface area contributed by atoms with Gasteiger partial charge in [0.2, 0.25) is 0 Å². The third kappa shape index (κ3) is 5.80. The van der Waals surface area contributed by atoms with Gasteiger partial charge in [-0.15, -0.1) is 9.94 Å². The number of ether oxygens (including phenoxy) is 1. The monoisotopic (exact) mass is 522 g/mol. The van der Waals surface area contributed by atoms with Crippen LogP contribution in [0.15, 0.2) is 30.5 Å². The van der Waals surface area contributed by atoms with Gasteiger partial charge in [-0.25, -0.2) is 0 Å². The maximum absolute atomic E-state index is 13.0. The van der Waals surface area contributed by atoms with Crippen molar-refractivity contribution in [3.63, 3.8) is 0 Å². The molecule has 4 rings (SSSR count). The molecule has 1 amide bonds. The van der Waals surface area contributed by atoms with Gasteiger partial charge in [-0.3, -0.25) is 9.69 Å². The highest BCUT2D eigenvalue weighted by Crippen LogP contribution is 2.41.